The van der Waals surface area contributed by atoms with Crippen LogP contribution in [0.5, 0.6) is 0 Å². The van der Waals surface area contributed by atoms with E-state index in [-0.39, 0.29) is 17.5 Å². The Hall–Kier alpha value is -2.08. The molecule has 3 nitrogen and oxygen atoms in total. The molecule has 0 saturated carbocycles. The highest BCUT2D eigenvalue weighted by molar-refractivity contribution is 8.00. The van der Waals surface area contributed by atoms with Gasteiger partial charge in [-0.25, -0.2) is 8.78 Å². The lowest BCUT2D eigenvalue weighted by Gasteiger charge is -2.07. The Kier molecular flexibility index (Phi) is 4.80. The Bertz CT molecular complexity index is 677. The van der Waals surface area contributed by atoms with Gasteiger partial charge in [-0.3, -0.25) is 4.79 Å². The molecule has 0 heterocycles. The summed E-state index contributed by atoms with van der Waals surface area (Å²) in [4.78, 5) is 12.3. The number of halogens is 2. The lowest BCUT2D eigenvalue weighted by atomic mass is 10.2. The minimum Gasteiger partial charge on any atom is -0.398 e. The van der Waals surface area contributed by atoms with Crippen LogP contribution in [0.15, 0.2) is 41.3 Å². The quantitative estimate of drug-likeness (QED) is 0.670. The zero-order valence-corrected chi connectivity index (χ0v) is 12.1. The molecule has 1 amide bonds. The van der Waals surface area contributed by atoms with Gasteiger partial charge in [0.1, 0.15) is 11.6 Å². The molecule has 2 rings (SSSR count). The van der Waals surface area contributed by atoms with Gasteiger partial charge >= 0.3 is 0 Å². The molecule has 110 valence electrons. The lowest BCUT2D eigenvalue weighted by Crippen LogP contribution is -2.14. The number of hydrogen-bond donors (Lipinski definition) is 2. The van der Waals surface area contributed by atoms with E-state index in [1.54, 1.807) is 19.1 Å². The smallest absolute Gasteiger partial charge is 0.234 e. The average Bonchev–Trinajstić information content (AvgIpc) is 2.44. The first-order valence-electron chi connectivity index (χ1n) is 6.19. The Morgan fingerprint density at radius 2 is 2.00 bits per heavy atom. The van der Waals surface area contributed by atoms with Gasteiger partial charge in [0.2, 0.25) is 5.91 Å². The summed E-state index contributed by atoms with van der Waals surface area (Å²) in [5.74, 6) is -1.04. The fourth-order valence-corrected chi connectivity index (χ4v) is 2.43. The van der Waals surface area contributed by atoms with E-state index < -0.39 is 5.82 Å². The van der Waals surface area contributed by atoms with Crippen molar-refractivity contribution >= 4 is 29.0 Å². The van der Waals surface area contributed by atoms with Crippen LogP contribution in [0.25, 0.3) is 0 Å². The molecule has 0 spiro atoms. The van der Waals surface area contributed by atoms with Crippen molar-refractivity contribution in [2.75, 3.05) is 16.8 Å². The zero-order valence-electron chi connectivity index (χ0n) is 11.3. The second-order valence-corrected chi connectivity index (χ2v) is 5.50. The van der Waals surface area contributed by atoms with E-state index in [0.29, 0.717) is 21.8 Å². The number of thioether (sulfide) groups is 1. The van der Waals surface area contributed by atoms with E-state index in [9.17, 15) is 13.6 Å². The first kappa shape index (κ1) is 15.3. The topological polar surface area (TPSA) is 55.1 Å². The van der Waals surface area contributed by atoms with Crippen molar-refractivity contribution in [3.63, 3.8) is 0 Å². The Morgan fingerprint density at radius 1 is 1.24 bits per heavy atom. The van der Waals surface area contributed by atoms with Crippen molar-refractivity contribution < 1.29 is 13.6 Å². The first-order valence-corrected chi connectivity index (χ1v) is 7.18. The molecule has 0 aromatic heterocycles. The van der Waals surface area contributed by atoms with Gasteiger partial charge in [-0.2, -0.15) is 0 Å². The first-order chi connectivity index (χ1) is 9.95. The molecule has 0 aliphatic rings. The van der Waals surface area contributed by atoms with Gasteiger partial charge in [0.15, 0.2) is 0 Å². The molecule has 6 heteroatoms. The van der Waals surface area contributed by atoms with Gasteiger partial charge < -0.3 is 11.1 Å². The van der Waals surface area contributed by atoms with Gasteiger partial charge in [0.05, 0.1) is 5.75 Å². The van der Waals surface area contributed by atoms with Crippen LogP contribution in [0.2, 0.25) is 0 Å². The summed E-state index contributed by atoms with van der Waals surface area (Å²) in [5, 5.41) is 2.58. The van der Waals surface area contributed by atoms with E-state index >= 15 is 0 Å². The summed E-state index contributed by atoms with van der Waals surface area (Å²) >= 11 is 1.13. The van der Waals surface area contributed by atoms with E-state index in [1.165, 1.54) is 24.3 Å². The predicted octanol–water partition coefficient (Wildman–Crippen LogP) is 3.59. The number of aryl methyl sites for hydroxylation is 1. The number of nitrogen functional groups attached to an aromatic ring is 1. The third-order valence-corrected chi connectivity index (χ3v) is 3.86. The second kappa shape index (κ2) is 6.58. The zero-order chi connectivity index (χ0) is 15.4. The molecule has 0 fully saturated rings. The number of nitrogens with two attached hydrogens (primary N) is 1. The molecule has 2 aromatic rings. The van der Waals surface area contributed by atoms with Crippen molar-refractivity contribution in [3.8, 4) is 0 Å². The number of rotatable bonds is 4. The Morgan fingerprint density at radius 3 is 2.71 bits per heavy atom. The molecule has 0 aliphatic heterocycles. The molecule has 0 atom stereocenters. The predicted molar refractivity (Wildman–Crippen MR) is 81.3 cm³/mol. The van der Waals surface area contributed by atoms with Crippen LogP contribution in [0.3, 0.4) is 0 Å². The van der Waals surface area contributed by atoms with Crippen LogP contribution in [-0.2, 0) is 4.79 Å². The molecule has 2 aromatic carbocycles. The molecule has 3 N–H and O–H groups in total. The van der Waals surface area contributed by atoms with Crippen LogP contribution in [0.1, 0.15) is 5.56 Å². The normalized spacial score (nSPS) is 10.4. The molecule has 0 radical (unpaired) electrons. The summed E-state index contributed by atoms with van der Waals surface area (Å²) in [6.45, 7) is 1.64. The standard InChI is InChI=1S/C15H14F2N2OS/c1-9-2-4-11(7-12(9)17)19-15(20)8-21-14-6-10(16)3-5-13(14)18/h2-7H,8,18H2,1H3,(H,19,20). The van der Waals surface area contributed by atoms with E-state index in [2.05, 4.69) is 5.32 Å². The number of benzene rings is 2. The number of amides is 1. The van der Waals surface area contributed by atoms with E-state index in [1.807, 2.05) is 0 Å². The van der Waals surface area contributed by atoms with Gasteiger partial charge in [-0.05, 0) is 42.8 Å². The highest BCUT2D eigenvalue weighted by Gasteiger charge is 2.08. The summed E-state index contributed by atoms with van der Waals surface area (Å²) in [7, 11) is 0. The number of hydrogen-bond acceptors (Lipinski definition) is 3. The van der Waals surface area contributed by atoms with Gasteiger partial charge in [-0.1, -0.05) is 6.07 Å². The lowest BCUT2D eigenvalue weighted by molar-refractivity contribution is -0.113. The van der Waals surface area contributed by atoms with E-state index in [0.717, 1.165) is 11.8 Å². The van der Waals surface area contributed by atoms with Gasteiger partial charge in [0, 0.05) is 16.3 Å². The Labute approximate surface area is 125 Å². The highest BCUT2D eigenvalue weighted by atomic mass is 32.2. The number of nitrogens with one attached hydrogen (secondary N) is 1. The number of carbonyl (C=O) groups excluding carboxylic acids is 1. The van der Waals surface area contributed by atoms with Crippen LogP contribution in [-0.4, -0.2) is 11.7 Å². The molecule has 21 heavy (non-hydrogen) atoms. The molecule has 0 bridgehead atoms. The molecular formula is C15H14F2N2OS. The van der Waals surface area contributed by atoms with Crippen LogP contribution >= 0.6 is 11.8 Å². The minimum absolute atomic E-state index is 0.0587. The molecule has 0 aliphatic carbocycles. The molecule has 0 saturated heterocycles. The largest absolute Gasteiger partial charge is 0.398 e. The van der Waals surface area contributed by atoms with Crippen molar-refractivity contribution in [1.29, 1.82) is 0 Å². The second-order valence-electron chi connectivity index (χ2n) is 4.48. The van der Waals surface area contributed by atoms with Crippen molar-refractivity contribution in [2.45, 2.75) is 11.8 Å². The Balaban J connectivity index is 1.95. The third kappa shape index (κ3) is 4.19. The number of carbonyl (C=O) groups is 1. The monoisotopic (exact) mass is 308 g/mol. The SMILES string of the molecule is Cc1ccc(NC(=O)CSc2cc(F)ccc2N)cc1F. The fraction of sp³-hybridized carbons (Fsp3) is 0.133. The summed E-state index contributed by atoms with van der Waals surface area (Å²) in [5.41, 5.74) is 7.00. The summed E-state index contributed by atoms with van der Waals surface area (Å²) < 4.78 is 26.5. The highest BCUT2D eigenvalue weighted by Crippen LogP contribution is 2.25. The number of anilines is 2. The fourth-order valence-electron chi connectivity index (χ4n) is 1.64. The summed E-state index contributed by atoms with van der Waals surface area (Å²) in [6.07, 6.45) is 0. The third-order valence-electron chi connectivity index (χ3n) is 2.79. The van der Waals surface area contributed by atoms with Crippen LogP contribution < -0.4 is 11.1 Å². The summed E-state index contributed by atoms with van der Waals surface area (Å²) in [6, 6.07) is 8.45. The molecule has 0 unspecified atom stereocenters. The molecular weight excluding hydrogens is 294 g/mol. The van der Waals surface area contributed by atoms with Crippen LogP contribution in [0, 0.1) is 18.6 Å². The minimum atomic E-state index is -0.410. The average molecular weight is 308 g/mol. The van der Waals surface area contributed by atoms with Crippen molar-refractivity contribution in [3.05, 3.63) is 53.6 Å². The van der Waals surface area contributed by atoms with Crippen molar-refractivity contribution in [2.24, 2.45) is 0 Å². The maximum Gasteiger partial charge on any atom is 0.234 e. The van der Waals surface area contributed by atoms with Gasteiger partial charge in [-0.15, -0.1) is 11.8 Å². The van der Waals surface area contributed by atoms with E-state index in [4.69, 9.17) is 5.73 Å². The van der Waals surface area contributed by atoms with Gasteiger partial charge in [0.25, 0.3) is 0 Å². The maximum atomic E-state index is 13.4. The maximum absolute atomic E-state index is 13.4. The van der Waals surface area contributed by atoms with Crippen molar-refractivity contribution in [1.82, 2.24) is 0 Å². The van der Waals surface area contributed by atoms with Crippen LogP contribution in [0.4, 0.5) is 20.2 Å².